The molecule has 0 aromatic carbocycles. The Morgan fingerprint density at radius 1 is 1.25 bits per heavy atom. The van der Waals surface area contributed by atoms with Crippen LogP contribution >= 0.6 is 0 Å². The Bertz CT molecular complexity index is 271. The van der Waals surface area contributed by atoms with Gasteiger partial charge in [-0.2, -0.15) is 0 Å². The van der Waals surface area contributed by atoms with Gasteiger partial charge in [0.2, 0.25) is 0 Å². The lowest BCUT2D eigenvalue weighted by atomic mass is 9.85. The second-order valence-electron chi connectivity index (χ2n) is 5.51. The van der Waals surface area contributed by atoms with Crippen molar-refractivity contribution in [2.24, 2.45) is 0 Å². The normalized spacial score (nSPS) is 30.5. The molecule has 1 saturated carbocycles. The Hall–Kier alpha value is -0.770. The first kappa shape index (κ1) is 11.7. The van der Waals surface area contributed by atoms with Crippen LogP contribution < -0.4 is 0 Å². The van der Waals surface area contributed by atoms with Gasteiger partial charge in [-0.15, -0.1) is 0 Å². The summed E-state index contributed by atoms with van der Waals surface area (Å²) >= 11 is 0. The van der Waals surface area contributed by atoms with E-state index in [4.69, 9.17) is 0 Å². The molecule has 1 saturated heterocycles. The molecule has 0 radical (unpaired) electrons. The second kappa shape index (κ2) is 4.24. The van der Waals surface area contributed by atoms with Crippen LogP contribution in [0, 0.1) is 0 Å². The highest BCUT2D eigenvalue weighted by Gasteiger charge is 2.41. The molecule has 0 aromatic rings. The summed E-state index contributed by atoms with van der Waals surface area (Å²) in [5, 5.41) is 0. The van der Waals surface area contributed by atoms with Crippen LogP contribution in [0.25, 0.3) is 0 Å². The van der Waals surface area contributed by atoms with Gasteiger partial charge >= 0.3 is 6.03 Å². The van der Waals surface area contributed by atoms with E-state index in [1.807, 2.05) is 4.90 Å². The van der Waals surface area contributed by atoms with E-state index in [1.165, 1.54) is 0 Å². The molecule has 1 aliphatic carbocycles. The van der Waals surface area contributed by atoms with Crippen LogP contribution in [0.5, 0.6) is 0 Å². The van der Waals surface area contributed by atoms with Gasteiger partial charge in [0.15, 0.2) is 0 Å². The molecule has 2 rings (SSSR count). The van der Waals surface area contributed by atoms with Crippen LogP contribution in [0.3, 0.4) is 0 Å². The minimum atomic E-state index is 0.247. The molecule has 2 amide bonds. The van der Waals surface area contributed by atoms with Crippen LogP contribution in [0.1, 0.15) is 26.7 Å². The Labute approximate surface area is 98.2 Å². The van der Waals surface area contributed by atoms with Gasteiger partial charge in [-0.25, -0.2) is 4.79 Å². The fourth-order valence-corrected chi connectivity index (χ4v) is 2.62. The molecule has 4 heteroatoms. The first-order valence-electron chi connectivity index (χ1n) is 6.24. The van der Waals surface area contributed by atoms with E-state index >= 15 is 0 Å². The Balaban J connectivity index is 1.87. The third kappa shape index (κ3) is 1.90. The number of hydrogen-bond donors (Lipinski definition) is 0. The summed E-state index contributed by atoms with van der Waals surface area (Å²) in [5.41, 5.74) is 0. The maximum absolute atomic E-state index is 12.1. The van der Waals surface area contributed by atoms with E-state index in [2.05, 4.69) is 37.7 Å². The zero-order valence-corrected chi connectivity index (χ0v) is 10.8. The summed E-state index contributed by atoms with van der Waals surface area (Å²) in [4.78, 5) is 18.4. The van der Waals surface area contributed by atoms with Crippen molar-refractivity contribution in [2.75, 3.05) is 27.2 Å². The first-order valence-corrected chi connectivity index (χ1v) is 6.24. The third-order valence-corrected chi connectivity index (χ3v) is 3.96. The summed E-state index contributed by atoms with van der Waals surface area (Å²) in [6, 6.07) is 1.74. The number of hydrogen-bond acceptors (Lipinski definition) is 2. The highest BCUT2D eigenvalue weighted by Crippen LogP contribution is 2.31. The lowest BCUT2D eigenvalue weighted by Crippen LogP contribution is -2.53. The SMILES string of the molecule is CC(C)N1CCN(C2CC(N(C)C)C2)C1=O. The van der Waals surface area contributed by atoms with Crippen molar-refractivity contribution >= 4 is 6.03 Å². The zero-order chi connectivity index (χ0) is 11.9. The van der Waals surface area contributed by atoms with Crippen LogP contribution in [0.4, 0.5) is 4.79 Å². The molecular formula is C12H23N3O. The third-order valence-electron chi connectivity index (χ3n) is 3.96. The molecule has 2 aliphatic rings. The predicted molar refractivity (Wildman–Crippen MR) is 64.4 cm³/mol. The predicted octanol–water partition coefficient (Wildman–Crippen LogP) is 1.23. The van der Waals surface area contributed by atoms with Crippen LogP contribution in [-0.4, -0.2) is 66.0 Å². The number of amides is 2. The van der Waals surface area contributed by atoms with Crippen molar-refractivity contribution in [3.8, 4) is 0 Å². The van der Waals surface area contributed by atoms with E-state index in [-0.39, 0.29) is 6.03 Å². The summed E-state index contributed by atoms with van der Waals surface area (Å²) < 4.78 is 0. The number of urea groups is 1. The topological polar surface area (TPSA) is 26.8 Å². The number of carbonyl (C=O) groups excluding carboxylic acids is 1. The summed E-state index contributed by atoms with van der Waals surface area (Å²) in [5.74, 6) is 0. The van der Waals surface area contributed by atoms with Crippen LogP contribution in [-0.2, 0) is 0 Å². The average Bonchev–Trinajstić information content (AvgIpc) is 2.45. The summed E-state index contributed by atoms with van der Waals surface area (Å²) in [7, 11) is 4.24. The fourth-order valence-electron chi connectivity index (χ4n) is 2.62. The van der Waals surface area contributed by atoms with Gasteiger partial charge in [0.1, 0.15) is 0 Å². The summed E-state index contributed by atoms with van der Waals surface area (Å²) in [6.07, 6.45) is 2.29. The van der Waals surface area contributed by atoms with E-state index in [0.29, 0.717) is 18.1 Å². The van der Waals surface area contributed by atoms with E-state index in [0.717, 1.165) is 25.9 Å². The van der Waals surface area contributed by atoms with Crippen molar-refractivity contribution in [1.29, 1.82) is 0 Å². The molecule has 1 aliphatic heterocycles. The smallest absolute Gasteiger partial charge is 0.320 e. The molecule has 0 N–H and O–H groups in total. The quantitative estimate of drug-likeness (QED) is 0.722. The average molecular weight is 225 g/mol. The Morgan fingerprint density at radius 3 is 2.31 bits per heavy atom. The minimum absolute atomic E-state index is 0.247. The number of rotatable bonds is 3. The molecule has 0 unspecified atom stereocenters. The fraction of sp³-hybridized carbons (Fsp3) is 0.917. The molecule has 0 bridgehead atoms. The largest absolute Gasteiger partial charge is 0.320 e. The number of nitrogens with zero attached hydrogens (tertiary/aromatic N) is 3. The zero-order valence-electron chi connectivity index (χ0n) is 10.8. The first-order chi connectivity index (χ1) is 7.50. The minimum Gasteiger partial charge on any atom is -0.320 e. The highest BCUT2D eigenvalue weighted by atomic mass is 16.2. The van der Waals surface area contributed by atoms with Gasteiger partial charge in [0.05, 0.1) is 0 Å². The van der Waals surface area contributed by atoms with Gasteiger partial charge in [0.25, 0.3) is 0 Å². The molecule has 16 heavy (non-hydrogen) atoms. The highest BCUT2D eigenvalue weighted by molar-refractivity contribution is 5.77. The number of carbonyl (C=O) groups is 1. The molecular weight excluding hydrogens is 202 g/mol. The van der Waals surface area contributed by atoms with Crippen LogP contribution in [0.15, 0.2) is 0 Å². The van der Waals surface area contributed by atoms with Crippen molar-refractivity contribution in [2.45, 2.75) is 44.8 Å². The van der Waals surface area contributed by atoms with Crippen molar-refractivity contribution in [1.82, 2.24) is 14.7 Å². The second-order valence-corrected chi connectivity index (χ2v) is 5.51. The molecule has 0 atom stereocenters. The maximum atomic E-state index is 12.1. The maximum Gasteiger partial charge on any atom is 0.320 e. The van der Waals surface area contributed by atoms with E-state index in [1.54, 1.807) is 0 Å². The molecule has 92 valence electrons. The van der Waals surface area contributed by atoms with Gasteiger partial charge in [-0.05, 0) is 40.8 Å². The van der Waals surface area contributed by atoms with Crippen molar-refractivity contribution in [3.63, 3.8) is 0 Å². The van der Waals surface area contributed by atoms with Gasteiger partial charge in [-0.3, -0.25) is 0 Å². The molecule has 2 fully saturated rings. The Kier molecular flexibility index (Phi) is 3.10. The molecule has 0 aromatic heterocycles. The standard InChI is InChI=1S/C12H23N3O/c1-9(2)14-5-6-15(12(14)16)11-7-10(8-11)13(3)4/h9-11H,5-8H2,1-4H3. The summed E-state index contributed by atoms with van der Waals surface area (Å²) in [6.45, 7) is 6.00. The molecule has 1 heterocycles. The van der Waals surface area contributed by atoms with Crippen molar-refractivity contribution in [3.05, 3.63) is 0 Å². The lowest BCUT2D eigenvalue weighted by molar-refractivity contribution is 0.0801. The lowest BCUT2D eigenvalue weighted by Gasteiger charge is -2.44. The van der Waals surface area contributed by atoms with Gasteiger partial charge in [-0.1, -0.05) is 0 Å². The van der Waals surface area contributed by atoms with E-state index < -0.39 is 0 Å². The Morgan fingerprint density at radius 2 is 1.88 bits per heavy atom. The van der Waals surface area contributed by atoms with Gasteiger partial charge in [0, 0.05) is 31.2 Å². The molecule has 4 nitrogen and oxygen atoms in total. The van der Waals surface area contributed by atoms with Crippen molar-refractivity contribution < 1.29 is 4.79 Å². The van der Waals surface area contributed by atoms with Gasteiger partial charge < -0.3 is 14.7 Å². The molecule has 0 spiro atoms. The monoisotopic (exact) mass is 225 g/mol. The van der Waals surface area contributed by atoms with Crippen LogP contribution in [0.2, 0.25) is 0 Å². The van der Waals surface area contributed by atoms with E-state index in [9.17, 15) is 4.79 Å².